The predicted octanol–water partition coefficient (Wildman–Crippen LogP) is 2.29. The van der Waals surface area contributed by atoms with Crippen molar-refractivity contribution < 1.29 is 5.21 Å². The van der Waals surface area contributed by atoms with E-state index in [1.807, 2.05) is 18.5 Å². The van der Waals surface area contributed by atoms with Gasteiger partial charge in [-0.25, -0.2) is 4.99 Å². The van der Waals surface area contributed by atoms with Gasteiger partial charge < -0.3 is 0 Å². The van der Waals surface area contributed by atoms with Crippen molar-refractivity contribution in [2.75, 3.05) is 0 Å². The van der Waals surface area contributed by atoms with E-state index in [1.165, 1.54) is 6.34 Å². The highest BCUT2D eigenvalue weighted by molar-refractivity contribution is 6.30. The van der Waals surface area contributed by atoms with Crippen LogP contribution in [0.4, 0.5) is 5.69 Å². The van der Waals surface area contributed by atoms with Gasteiger partial charge in [-0.2, -0.15) is 0 Å². The fourth-order valence-electron chi connectivity index (χ4n) is 0.820. The number of rotatable bonds is 2. The van der Waals surface area contributed by atoms with Crippen LogP contribution in [0.1, 0.15) is 5.56 Å². The van der Waals surface area contributed by atoms with Crippen LogP contribution in [0.2, 0.25) is 5.02 Å². The SMILES string of the molecule is Cc1ccc(Cl)cc1N=CNO. The zero-order chi connectivity index (χ0) is 8.97. The van der Waals surface area contributed by atoms with Crippen molar-refractivity contribution in [1.29, 1.82) is 0 Å². The summed E-state index contributed by atoms with van der Waals surface area (Å²) in [5.74, 6) is 0. The lowest BCUT2D eigenvalue weighted by Gasteiger charge is -1.98. The molecule has 0 atom stereocenters. The number of hydrogen-bond donors (Lipinski definition) is 2. The standard InChI is InChI=1S/C8H9ClN2O/c1-6-2-3-7(9)4-8(6)10-5-11-12/h2-5,12H,1H3,(H,10,11). The second-order valence-electron chi connectivity index (χ2n) is 2.32. The second-order valence-corrected chi connectivity index (χ2v) is 2.75. The maximum Gasteiger partial charge on any atom is 0.113 e. The Morgan fingerprint density at radius 2 is 2.33 bits per heavy atom. The molecular formula is C8H9ClN2O. The number of nitrogens with zero attached hydrogens (tertiary/aromatic N) is 1. The van der Waals surface area contributed by atoms with Crippen LogP contribution >= 0.6 is 11.6 Å². The van der Waals surface area contributed by atoms with Crippen molar-refractivity contribution >= 4 is 23.6 Å². The van der Waals surface area contributed by atoms with Gasteiger partial charge in [0.2, 0.25) is 0 Å². The fraction of sp³-hybridized carbons (Fsp3) is 0.125. The van der Waals surface area contributed by atoms with Crippen LogP contribution in [-0.2, 0) is 0 Å². The van der Waals surface area contributed by atoms with Gasteiger partial charge in [0.05, 0.1) is 5.69 Å². The van der Waals surface area contributed by atoms with E-state index in [1.54, 1.807) is 12.1 Å². The Kier molecular flexibility index (Phi) is 3.08. The molecule has 12 heavy (non-hydrogen) atoms. The van der Waals surface area contributed by atoms with Gasteiger partial charge in [-0.1, -0.05) is 17.7 Å². The summed E-state index contributed by atoms with van der Waals surface area (Å²) in [6.07, 6.45) is 1.19. The topological polar surface area (TPSA) is 44.6 Å². The van der Waals surface area contributed by atoms with E-state index >= 15 is 0 Å². The molecule has 3 nitrogen and oxygen atoms in total. The first-order chi connectivity index (χ1) is 5.74. The molecule has 0 heterocycles. The lowest BCUT2D eigenvalue weighted by Crippen LogP contribution is -2.01. The van der Waals surface area contributed by atoms with Crippen molar-refractivity contribution in [2.24, 2.45) is 4.99 Å². The largest absolute Gasteiger partial charge is 0.290 e. The van der Waals surface area contributed by atoms with Crippen LogP contribution in [0.15, 0.2) is 23.2 Å². The molecule has 0 saturated carbocycles. The van der Waals surface area contributed by atoms with Crippen LogP contribution in [0, 0.1) is 6.92 Å². The molecule has 0 amide bonds. The molecule has 64 valence electrons. The minimum Gasteiger partial charge on any atom is -0.290 e. The van der Waals surface area contributed by atoms with Gasteiger partial charge in [0, 0.05) is 5.02 Å². The second kappa shape index (κ2) is 4.09. The molecule has 0 spiro atoms. The quantitative estimate of drug-likeness (QED) is 0.421. The van der Waals surface area contributed by atoms with E-state index in [-0.39, 0.29) is 0 Å². The first kappa shape index (κ1) is 9.03. The molecule has 0 aromatic heterocycles. The summed E-state index contributed by atoms with van der Waals surface area (Å²) in [6, 6.07) is 5.39. The number of hydroxylamine groups is 1. The van der Waals surface area contributed by atoms with Crippen molar-refractivity contribution in [3.05, 3.63) is 28.8 Å². The van der Waals surface area contributed by atoms with Gasteiger partial charge in [-0.3, -0.25) is 10.7 Å². The van der Waals surface area contributed by atoms with Crippen LogP contribution in [0.3, 0.4) is 0 Å². The van der Waals surface area contributed by atoms with Gasteiger partial charge in [-0.05, 0) is 24.6 Å². The van der Waals surface area contributed by atoms with E-state index < -0.39 is 0 Å². The molecular weight excluding hydrogens is 176 g/mol. The lowest BCUT2D eigenvalue weighted by atomic mass is 10.2. The normalized spacial score (nSPS) is 10.6. The summed E-state index contributed by atoms with van der Waals surface area (Å²) in [5, 5.41) is 8.89. The Labute approximate surface area is 75.7 Å². The number of nitrogens with one attached hydrogen (secondary N) is 1. The van der Waals surface area contributed by atoms with Crippen molar-refractivity contribution in [3.63, 3.8) is 0 Å². The van der Waals surface area contributed by atoms with Crippen LogP contribution in [0.5, 0.6) is 0 Å². The maximum absolute atomic E-state index is 8.26. The molecule has 0 aliphatic carbocycles. The molecule has 1 rings (SSSR count). The van der Waals surface area contributed by atoms with Gasteiger partial charge in [0.1, 0.15) is 6.34 Å². The average Bonchev–Trinajstić information content (AvgIpc) is 2.07. The molecule has 1 aromatic carbocycles. The minimum absolute atomic E-state index is 0.630. The third kappa shape index (κ3) is 2.22. The first-order valence-electron chi connectivity index (χ1n) is 3.42. The van der Waals surface area contributed by atoms with Crippen LogP contribution < -0.4 is 5.48 Å². The molecule has 2 N–H and O–H groups in total. The molecule has 4 heteroatoms. The van der Waals surface area contributed by atoms with E-state index in [2.05, 4.69) is 4.99 Å². The number of aryl methyl sites for hydroxylation is 1. The molecule has 0 aliphatic rings. The summed E-state index contributed by atoms with van der Waals surface area (Å²) >= 11 is 5.74. The number of aliphatic imine (C=N–C) groups is 1. The monoisotopic (exact) mass is 184 g/mol. The Bertz CT molecular complexity index is 299. The number of halogens is 1. The van der Waals surface area contributed by atoms with Gasteiger partial charge in [0.25, 0.3) is 0 Å². The fourth-order valence-corrected chi connectivity index (χ4v) is 0.986. The summed E-state index contributed by atoms with van der Waals surface area (Å²) in [6.45, 7) is 1.92. The highest BCUT2D eigenvalue weighted by Crippen LogP contribution is 2.22. The van der Waals surface area contributed by atoms with Crippen LogP contribution in [-0.4, -0.2) is 11.5 Å². The average molecular weight is 185 g/mol. The molecule has 0 unspecified atom stereocenters. The number of benzene rings is 1. The molecule has 1 aromatic rings. The van der Waals surface area contributed by atoms with Crippen molar-refractivity contribution in [3.8, 4) is 0 Å². The van der Waals surface area contributed by atoms with Gasteiger partial charge in [0.15, 0.2) is 0 Å². The van der Waals surface area contributed by atoms with Gasteiger partial charge in [-0.15, -0.1) is 0 Å². The zero-order valence-corrected chi connectivity index (χ0v) is 7.34. The summed E-state index contributed by atoms with van der Waals surface area (Å²) in [5.41, 5.74) is 3.57. The number of hydrogen-bond acceptors (Lipinski definition) is 2. The van der Waals surface area contributed by atoms with Crippen LogP contribution in [0.25, 0.3) is 0 Å². The highest BCUT2D eigenvalue weighted by Gasteiger charge is 1.95. The zero-order valence-electron chi connectivity index (χ0n) is 6.58. The molecule has 0 bridgehead atoms. The predicted molar refractivity (Wildman–Crippen MR) is 49.3 cm³/mol. The van der Waals surface area contributed by atoms with E-state index in [0.717, 1.165) is 11.3 Å². The van der Waals surface area contributed by atoms with E-state index in [9.17, 15) is 0 Å². The highest BCUT2D eigenvalue weighted by atomic mass is 35.5. The lowest BCUT2D eigenvalue weighted by molar-refractivity contribution is 0.240. The van der Waals surface area contributed by atoms with E-state index in [0.29, 0.717) is 5.02 Å². The van der Waals surface area contributed by atoms with Gasteiger partial charge >= 0.3 is 0 Å². The van der Waals surface area contributed by atoms with E-state index in [4.69, 9.17) is 16.8 Å². The summed E-state index contributed by atoms with van der Waals surface area (Å²) in [4.78, 5) is 3.91. The molecule has 0 aliphatic heterocycles. The Morgan fingerprint density at radius 3 is 3.00 bits per heavy atom. The molecule has 0 radical (unpaired) electrons. The Balaban J connectivity index is 2.97. The molecule has 0 fully saturated rings. The molecule has 0 saturated heterocycles. The first-order valence-corrected chi connectivity index (χ1v) is 3.80. The summed E-state index contributed by atoms with van der Waals surface area (Å²) < 4.78 is 0. The smallest absolute Gasteiger partial charge is 0.113 e. The third-order valence-corrected chi connectivity index (χ3v) is 1.67. The summed E-state index contributed by atoms with van der Waals surface area (Å²) in [7, 11) is 0. The third-order valence-electron chi connectivity index (χ3n) is 1.43. The maximum atomic E-state index is 8.26. The van der Waals surface area contributed by atoms with Crippen molar-refractivity contribution in [2.45, 2.75) is 6.92 Å². The minimum atomic E-state index is 0.630. The Hall–Kier alpha value is -1.06. The van der Waals surface area contributed by atoms with Crippen molar-refractivity contribution in [1.82, 2.24) is 5.48 Å². The Morgan fingerprint density at radius 1 is 1.58 bits per heavy atom.